The molecule has 112 valence electrons. The van der Waals surface area contributed by atoms with E-state index in [0.29, 0.717) is 31.0 Å². The Kier molecular flexibility index (Phi) is 3.64. The lowest BCUT2D eigenvalue weighted by Crippen LogP contribution is -2.47. The van der Waals surface area contributed by atoms with Gasteiger partial charge in [0, 0.05) is 32.2 Å². The summed E-state index contributed by atoms with van der Waals surface area (Å²) in [6, 6.07) is 3.58. The van der Waals surface area contributed by atoms with Crippen molar-refractivity contribution < 1.29 is 9.59 Å². The van der Waals surface area contributed by atoms with Crippen molar-refractivity contribution in [3.05, 3.63) is 24.0 Å². The number of nitrogen functional groups attached to an aromatic ring is 1. The number of nitrogens with two attached hydrogens (primary N) is 1. The van der Waals surface area contributed by atoms with Crippen molar-refractivity contribution in [1.82, 2.24) is 20.1 Å². The summed E-state index contributed by atoms with van der Waals surface area (Å²) in [5.41, 5.74) is 6.54. The van der Waals surface area contributed by atoms with Gasteiger partial charge < -0.3 is 20.9 Å². The van der Waals surface area contributed by atoms with Crippen LogP contribution < -0.4 is 11.1 Å². The maximum atomic E-state index is 12.3. The van der Waals surface area contributed by atoms with Crippen LogP contribution in [-0.2, 0) is 0 Å². The maximum Gasteiger partial charge on any atom is 0.317 e. The molecule has 0 saturated carbocycles. The lowest BCUT2D eigenvalue weighted by molar-refractivity contribution is 0.0660. The average Bonchev–Trinajstić information content (AvgIpc) is 2.94. The van der Waals surface area contributed by atoms with Crippen LogP contribution in [0.4, 0.5) is 10.5 Å². The number of carbonyl (C=O) groups excluding carboxylic acids is 2. The maximum absolute atomic E-state index is 12.3. The molecule has 1 aromatic heterocycles. The second-order valence-electron chi connectivity index (χ2n) is 5.43. The monoisotopic (exact) mass is 289 g/mol. The number of urea groups is 1. The van der Waals surface area contributed by atoms with Gasteiger partial charge in [-0.1, -0.05) is 0 Å². The molecule has 1 aromatic rings. The normalized spacial score (nSPS) is 19.7. The van der Waals surface area contributed by atoms with E-state index in [-0.39, 0.29) is 18.0 Å². The van der Waals surface area contributed by atoms with Gasteiger partial charge in [0.05, 0.1) is 11.9 Å². The predicted octanol–water partition coefficient (Wildman–Crippen LogP) is 0.294. The van der Waals surface area contributed by atoms with Crippen molar-refractivity contribution in [2.75, 3.05) is 31.9 Å². The fourth-order valence-corrected chi connectivity index (χ4v) is 2.91. The molecule has 2 saturated heterocycles. The summed E-state index contributed by atoms with van der Waals surface area (Å²) in [6.45, 7) is 2.78. The SMILES string of the molecule is Nc1ccc(C(=O)N2CCC(N3CCNC3=O)CC2)nc1. The predicted molar refractivity (Wildman–Crippen MR) is 77.7 cm³/mol. The van der Waals surface area contributed by atoms with Crippen molar-refractivity contribution >= 4 is 17.6 Å². The van der Waals surface area contributed by atoms with E-state index in [9.17, 15) is 9.59 Å². The molecule has 21 heavy (non-hydrogen) atoms. The van der Waals surface area contributed by atoms with Crippen LogP contribution in [0.5, 0.6) is 0 Å². The average molecular weight is 289 g/mol. The summed E-state index contributed by atoms with van der Waals surface area (Å²) in [4.78, 5) is 31.7. The quantitative estimate of drug-likeness (QED) is 0.819. The molecule has 0 unspecified atom stereocenters. The molecule has 0 bridgehead atoms. The van der Waals surface area contributed by atoms with E-state index >= 15 is 0 Å². The van der Waals surface area contributed by atoms with Crippen LogP contribution in [0.25, 0.3) is 0 Å². The van der Waals surface area contributed by atoms with Gasteiger partial charge in [-0.25, -0.2) is 9.78 Å². The fourth-order valence-electron chi connectivity index (χ4n) is 2.91. The Morgan fingerprint density at radius 2 is 2.05 bits per heavy atom. The molecule has 0 aromatic carbocycles. The van der Waals surface area contributed by atoms with Gasteiger partial charge in [-0.3, -0.25) is 4.79 Å². The Balaban J connectivity index is 1.59. The van der Waals surface area contributed by atoms with E-state index in [1.54, 1.807) is 17.0 Å². The molecule has 3 N–H and O–H groups in total. The number of piperidine rings is 1. The van der Waals surface area contributed by atoms with Crippen LogP contribution in [-0.4, -0.2) is 58.9 Å². The van der Waals surface area contributed by atoms with Crippen LogP contribution in [0.15, 0.2) is 18.3 Å². The van der Waals surface area contributed by atoms with Gasteiger partial charge >= 0.3 is 6.03 Å². The zero-order valence-electron chi connectivity index (χ0n) is 11.8. The van der Waals surface area contributed by atoms with Gasteiger partial charge in [0.15, 0.2) is 0 Å². The van der Waals surface area contributed by atoms with E-state index in [2.05, 4.69) is 10.3 Å². The third kappa shape index (κ3) is 2.76. The highest BCUT2D eigenvalue weighted by atomic mass is 16.2. The van der Waals surface area contributed by atoms with Gasteiger partial charge in [0.1, 0.15) is 5.69 Å². The Morgan fingerprint density at radius 1 is 1.29 bits per heavy atom. The first-order valence-electron chi connectivity index (χ1n) is 7.20. The zero-order chi connectivity index (χ0) is 14.8. The van der Waals surface area contributed by atoms with Crippen molar-refractivity contribution in [1.29, 1.82) is 0 Å². The third-order valence-electron chi connectivity index (χ3n) is 4.09. The lowest BCUT2D eigenvalue weighted by Gasteiger charge is -2.36. The van der Waals surface area contributed by atoms with Crippen molar-refractivity contribution in [3.63, 3.8) is 0 Å². The van der Waals surface area contributed by atoms with E-state index in [0.717, 1.165) is 19.4 Å². The van der Waals surface area contributed by atoms with Crippen LogP contribution in [0.1, 0.15) is 23.3 Å². The molecular weight excluding hydrogens is 270 g/mol. The largest absolute Gasteiger partial charge is 0.397 e. The molecule has 2 aliphatic heterocycles. The molecular formula is C14H19N5O2. The van der Waals surface area contributed by atoms with Crippen LogP contribution in [0.3, 0.4) is 0 Å². The first kappa shape index (κ1) is 13.7. The molecule has 3 heterocycles. The van der Waals surface area contributed by atoms with Gasteiger partial charge in [-0.05, 0) is 25.0 Å². The first-order valence-corrected chi connectivity index (χ1v) is 7.20. The molecule has 0 aliphatic carbocycles. The van der Waals surface area contributed by atoms with Crippen LogP contribution in [0.2, 0.25) is 0 Å². The van der Waals surface area contributed by atoms with Crippen molar-refractivity contribution in [2.45, 2.75) is 18.9 Å². The van der Waals surface area contributed by atoms with Gasteiger partial charge in [0.2, 0.25) is 0 Å². The molecule has 2 fully saturated rings. The standard InChI is InChI=1S/C14H19N5O2/c15-10-1-2-12(17-9-10)13(20)18-6-3-11(4-7-18)19-8-5-16-14(19)21/h1-2,9,11H,3-8,15H2,(H,16,21). The summed E-state index contributed by atoms with van der Waals surface area (Å²) in [7, 11) is 0. The first-order chi connectivity index (χ1) is 10.1. The number of hydrogen-bond acceptors (Lipinski definition) is 4. The highest BCUT2D eigenvalue weighted by Crippen LogP contribution is 2.19. The smallest absolute Gasteiger partial charge is 0.317 e. The highest BCUT2D eigenvalue weighted by Gasteiger charge is 2.32. The Bertz CT molecular complexity index is 537. The molecule has 0 spiro atoms. The van der Waals surface area contributed by atoms with Gasteiger partial charge in [-0.15, -0.1) is 0 Å². The van der Waals surface area contributed by atoms with E-state index < -0.39 is 0 Å². The second-order valence-corrected chi connectivity index (χ2v) is 5.43. The lowest BCUT2D eigenvalue weighted by atomic mass is 10.0. The summed E-state index contributed by atoms with van der Waals surface area (Å²) in [6.07, 6.45) is 3.12. The number of nitrogens with zero attached hydrogens (tertiary/aromatic N) is 3. The van der Waals surface area contributed by atoms with Gasteiger partial charge in [-0.2, -0.15) is 0 Å². The number of rotatable bonds is 2. The topological polar surface area (TPSA) is 91.6 Å². The minimum atomic E-state index is -0.0701. The van der Waals surface area contributed by atoms with Crippen molar-refractivity contribution in [3.8, 4) is 0 Å². The molecule has 3 rings (SSSR count). The number of aromatic nitrogens is 1. The van der Waals surface area contributed by atoms with E-state index in [1.165, 1.54) is 6.20 Å². The van der Waals surface area contributed by atoms with Crippen LogP contribution in [0, 0.1) is 0 Å². The molecule has 3 amide bonds. The molecule has 7 heteroatoms. The molecule has 2 aliphatic rings. The molecule has 7 nitrogen and oxygen atoms in total. The number of likely N-dealkylation sites (tertiary alicyclic amines) is 1. The third-order valence-corrected chi connectivity index (χ3v) is 4.09. The van der Waals surface area contributed by atoms with E-state index in [1.807, 2.05) is 4.90 Å². The summed E-state index contributed by atoms with van der Waals surface area (Å²) < 4.78 is 0. The number of hydrogen-bond donors (Lipinski definition) is 2. The summed E-state index contributed by atoms with van der Waals surface area (Å²) in [5.74, 6) is -0.0701. The Labute approximate surface area is 123 Å². The van der Waals surface area contributed by atoms with Gasteiger partial charge in [0.25, 0.3) is 5.91 Å². The molecule has 0 radical (unpaired) electrons. The number of anilines is 1. The minimum absolute atomic E-state index is 0.0139. The summed E-state index contributed by atoms with van der Waals surface area (Å²) >= 11 is 0. The van der Waals surface area contributed by atoms with E-state index in [4.69, 9.17) is 5.73 Å². The molecule has 0 atom stereocenters. The number of nitrogens with one attached hydrogen (secondary N) is 1. The fraction of sp³-hybridized carbons (Fsp3) is 0.500. The van der Waals surface area contributed by atoms with Crippen molar-refractivity contribution in [2.24, 2.45) is 0 Å². The van der Waals surface area contributed by atoms with Crippen LogP contribution >= 0.6 is 0 Å². The highest BCUT2D eigenvalue weighted by molar-refractivity contribution is 5.92. The number of amides is 3. The Hall–Kier alpha value is -2.31. The zero-order valence-corrected chi connectivity index (χ0v) is 11.8. The summed E-state index contributed by atoms with van der Waals surface area (Å²) in [5, 5.41) is 2.82. The second kappa shape index (κ2) is 5.59. The Morgan fingerprint density at radius 3 is 2.62 bits per heavy atom. The number of carbonyl (C=O) groups is 2. The minimum Gasteiger partial charge on any atom is -0.397 e. The number of pyridine rings is 1.